The van der Waals surface area contributed by atoms with Gasteiger partial charge in [-0.05, 0) is 0 Å². The molecule has 0 atom stereocenters. The van der Waals surface area contributed by atoms with Gasteiger partial charge in [-0.15, -0.1) is 0 Å². The van der Waals surface area contributed by atoms with Crippen LogP contribution in [-0.2, 0) is 0 Å². The van der Waals surface area contributed by atoms with Gasteiger partial charge < -0.3 is 10.8 Å². The van der Waals surface area contributed by atoms with Crippen LogP contribution >= 0.6 is 0 Å². The van der Waals surface area contributed by atoms with E-state index in [0.29, 0.717) is 5.84 Å². The lowest BCUT2D eigenvalue weighted by Gasteiger charge is -1.98. The first-order valence-corrected chi connectivity index (χ1v) is 3.25. The highest BCUT2D eigenvalue weighted by atomic mass is 15.4. The predicted molar refractivity (Wildman–Crippen MR) is 45.7 cm³/mol. The third-order valence-corrected chi connectivity index (χ3v) is 0.631. The average Bonchev–Trinajstić information content (AvgIpc) is 2.04. The Morgan fingerprint density at radius 2 is 2.00 bits per heavy atom. The fraction of sp³-hybridized carbons (Fsp3) is 0.667. The molecule has 0 radical (unpaired) electrons. The Kier molecular flexibility index (Phi) is 13.0. The minimum absolute atomic E-state index is 0.521. The van der Waals surface area contributed by atoms with Gasteiger partial charge in [-0.2, -0.15) is 0 Å². The van der Waals surface area contributed by atoms with Gasteiger partial charge in [0.1, 0.15) is 0 Å². The topological polar surface area (TPSA) is 60.3 Å². The quantitative estimate of drug-likeness (QED) is 0.299. The highest BCUT2D eigenvalue weighted by molar-refractivity contribution is 6.27. The molecule has 0 saturated heterocycles. The fourth-order valence-corrected chi connectivity index (χ4v) is 0.285. The van der Waals surface area contributed by atoms with Crippen LogP contribution in [0.15, 0.2) is 4.99 Å². The molecule has 3 N–H and O–H groups in total. The number of hydrogen-bond donors (Lipinski definition) is 3. The molecule has 0 aromatic rings. The van der Waals surface area contributed by atoms with Crippen LogP contribution in [0, 0.1) is 5.41 Å². The minimum Gasteiger partial charge on any atom is -0.305 e. The zero-order valence-corrected chi connectivity index (χ0v) is 7.02. The molecule has 10 heavy (non-hydrogen) atoms. The minimum atomic E-state index is 0.521. The van der Waals surface area contributed by atoms with E-state index in [4.69, 9.17) is 5.41 Å². The average molecular weight is 144 g/mol. The summed E-state index contributed by atoms with van der Waals surface area (Å²) < 4.78 is 0. The molecule has 0 aliphatic heterocycles. The fourth-order valence-electron chi connectivity index (χ4n) is 0.285. The van der Waals surface area contributed by atoms with Crippen LogP contribution in [0.5, 0.6) is 0 Å². The summed E-state index contributed by atoms with van der Waals surface area (Å²) in [6.07, 6.45) is 1.14. The van der Waals surface area contributed by atoms with Gasteiger partial charge in [-0.1, -0.05) is 13.8 Å². The molecule has 0 bridgehead atoms. The number of amidine groups is 1. The van der Waals surface area contributed by atoms with E-state index in [1.807, 2.05) is 13.8 Å². The molecule has 0 aliphatic rings. The first-order chi connectivity index (χ1) is 4.85. The van der Waals surface area contributed by atoms with Crippen LogP contribution in [0.3, 0.4) is 0 Å². The number of nitrogens with zero attached hydrogens (tertiary/aromatic N) is 1. The second-order valence-corrected chi connectivity index (χ2v) is 1.13. The van der Waals surface area contributed by atoms with Gasteiger partial charge in [0.05, 0.1) is 6.21 Å². The zero-order chi connectivity index (χ0) is 8.41. The second-order valence-electron chi connectivity index (χ2n) is 1.13. The summed E-state index contributed by atoms with van der Waals surface area (Å²) in [4.78, 5) is 3.70. The predicted octanol–water partition coefficient (Wildman–Crippen LogP) is 0.414. The maximum absolute atomic E-state index is 6.70. The monoisotopic (exact) mass is 144 g/mol. The molecule has 0 aromatic carbocycles. The van der Waals surface area contributed by atoms with Crippen LogP contribution in [0.4, 0.5) is 0 Å². The molecule has 0 heterocycles. The largest absolute Gasteiger partial charge is 0.305 e. The maximum Gasteiger partial charge on any atom is 0.153 e. The van der Waals surface area contributed by atoms with E-state index in [1.54, 1.807) is 14.1 Å². The van der Waals surface area contributed by atoms with Crippen molar-refractivity contribution in [2.45, 2.75) is 13.8 Å². The van der Waals surface area contributed by atoms with Crippen molar-refractivity contribution < 1.29 is 0 Å². The van der Waals surface area contributed by atoms with Gasteiger partial charge >= 0.3 is 0 Å². The van der Waals surface area contributed by atoms with Crippen molar-refractivity contribution in [1.29, 1.82) is 5.41 Å². The molecule has 4 heteroatoms. The van der Waals surface area contributed by atoms with E-state index in [1.165, 1.54) is 0 Å². The summed E-state index contributed by atoms with van der Waals surface area (Å²) in [6, 6.07) is 0. The lowest BCUT2D eigenvalue weighted by atomic mass is 10.7. The maximum atomic E-state index is 6.70. The van der Waals surface area contributed by atoms with Crippen LogP contribution in [0.1, 0.15) is 13.8 Å². The van der Waals surface area contributed by atoms with E-state index in [0.717, 1.165) is 6.21 Å². The van der Waals surface area contributed by atoms with E-state index in [-0.39, 0.29) is 0 Å². The van der Waals surface area contributed by atoms with Gasteiger partial charge in [0.15, 0.2) is 5.84 Å². The molecule has 0 aliphatic carbocycles. The number of nitrogens with one attached hydrogen (secondary N) is 3. The second kappa shape index (κ2) is 11.0. The summed E-state index contributed by atoms with van der Waals surface area (Å²) in [7, 11) is 3.33. The summed E-state index contributed by atoms with van der Waals surface area (Å²) in [5, 5.41) is 6.70. The Bertz CT molecular complexity index is 97.9. The molecule has 60 valence electrons. The Labute approximate surface area is 62.2 Å². The SMILES string of the molecule is CC.CN=C(C=N)NNC. The Morgan fingerprint density at radius 1 is 1.50 bits per heavy atom. The molecule has 0 fully saturated rings. The van der Waals surface area contributed by atoms with Crippen LogP contribution in [-0.4, -0.2) is 26.1 Å². The van der Waals surface area contributed by atoms with Crippen LogP contribution < -0.4 is 10.9 Å². The van der Waals surface area contributed by atoms with Gasteiger partial charge in [0.2, 0.25) is 0 Å². The van der Waals surface area contributed by atoms with Crippen molar-refractivity contribution in [3.63, 3.8) is 0 Å². The first-order valence-electron chi connectivity index (χ1n) is 3.25. The third-order valence-electron chi connectivity index (χ3n) is 0.631. The van der Waals surface area contributed by atoms with Crippen LogP contribution in [0.2, 0.25) is 0 Å². The Hall–Kier alpha value is -0.900. The third kappa shape index (κ3) is 7.10. The standard InChI is InChI=1S/C4H10N4.C2H6/c1-6-4(3-5)8-7-2;1-2/h3,5,7H,1-2H3,(H,6,8);1-2H3. The van der Waals surface area contributed by atoms with Crippen molar-refractivity contribution in [2.24, 2.45) is 4.99 Å². The van der Waals surface area contributed by atoms with Crippen molar-refractivity contribution in [3.8, 4) is 0 Å². The number of hydrogen-bond acceptors (Lipinski definition) is 3. The van der Waals surface area contributed by atoms with Crippen molar-refractivity contribution >= 4 is 12.1 Å². The summed E-state index contributed by atoms with van der Waals surface area (Å²) in [5.41, 5.74) is 5.28. The lowest BCUT2D eigenvalue weighted by Crippen LogP contribution is -2.34. The van der Waals surface area contributed by atoms with Gasteiger partial charge in [-0.3, -0.25) is 4.99 Å². The highest BCUT2D eigenvalue weighted by Crippen LogP contribution is 1.58. The van der Waals surface area contributed by atoms with Crippen molar-refractivity contribution in [2.75, 3.05) is 14.1 Å². The normalized spacial score (nSPS) is 9.40. The molecule has 0 unspecified atom stereocenters. The molecule has 0 amide bonds. The number of hydrazine groups is 1. The highest BCUT2D eigenvalue weighted by Gasteiger charge is 1.82. The lowest BCUT2D eigenvalue weighted by molar-refractivity contribution is 0.773. The number of rotatable bonds is 2. The van der Waals surface area contributed by atoms with Gasteiger partial charge in [0, 0.05) is 14.1 Å². The van der Waals surface area contributed by atoms with Gasteiger partial charge in [-0.25, -0.2) is 5.43 Å². The van der Waals surface area contributed by atoms with Crippen molar-refractivity contribution in [1.82, 2.24) is 10.9 Å². The van der Waals surface area contributed by atoms with E-state index in [2.05, 4.69) is 15.8 Å². The summed E-state index contributed by atoms with van der Waals surface area (Å²) >= 11 is 0. The molecule has 0 spiro atoms. The molecule has 0 rings (SSSR count). The smallest absolute Gasteiger partial charge is 0.153 e. The van der Waals surface area contributed by atoms with E-state index < -0.39 is 0 Å². The first kappa shape index (κ1) is 11.8. The van der Waals surface area contributed by atoms with Crippen LogP contribution in [0.25, 0.3) is 0 Å². The Morgan fingerprint density at radius 3 is 2.10 bits per heavy atom. The van der Waals surface area contributed by atoms with E-state index in [9.17, 15) is 0 Å². The van der Waals surface area contributed by atoms with Gasteiger partial charge in [0.25, 0.3) is 0 Å². The summed E-state index contributed by atoms with van der Waals surface area (Å²) in [6.45, 7) is 4.00. The Balaban J connectivity index is 0. The molecule has 0 aromatic heterocycles. The summed E-state index contributed by atoms with van der Waals surface area (Å²) in [5.74, 6) is 0.521. The zero-order valence-electron chi connectivity index (χ0n) is 7.02. The van der Waals surface area contributed by atoms with E-state index >= 15 is 0 Å². The molecule has 0 saturated carbocycles. The molecule has 4 nitrogen and oxygen atoms in total. The molecular formula is C6H16N4. The van der Waals surface area contributed by atoms with Crippen molar-refractivity contribution in [3.05, 3.63) is 0 Å². The number of aliphatic imine (C=N–C) groups is 1. The molecular weight excluding hydrogens is 128 g/mol.